The zero-order valence-corrected chi connectivity index (χ0v) is 29.1. The molecule has 0 aliphatic carbocycles. The van der Waals surface area contributed by atoms with Crippen LogP contribution in [0.15, 0.2) is 75.7 Å². The van der Waals surface area contributed by atoms with E-state index >= 15 is 0 Å². The number of benzene rings is 3. The van der Waals surface area contributed by atoms with E-state index in [1.165, 1.54) is 28.0 Å². The molecule has 0 spiro atoms. The molecule has 0 N–H and O–H groups in total. The summed E-state index contributed by atoms with van der Waals surface area (Å²) in [4.78, 5) is 32.7. The van der Waals surface area contributed by atoms with Crippen molar-refractivity contribution in [1.82, 2.24) is 4.57 Å². The molecule has 9 heteroatoms. The molecule has 0 bridgehead atoms. The lowest BCUT2D eigenvalue weighted by molar-refractivity contribution is -0.143. The molecule has 0 amide bonds. The van der Waals surface area contributed by atoms with Gasteiger partial charge in [0.25, 0.3) is 5.56 Å². The molecule has 1 aliphatic rings. The highest BCUT2D eigenvalue weighted by Crippen LogP contribution is 2.33. The number of carbonyl (C=O) groups is 1. The Labute approximate surface area is 279 Å². The van der Waals surface area contributed by atoms with E-state index in [1.54, 1.807) is 25.3 Å². The van der Waals surface area contributed by atoms with Crippen molar-refractivity contribution in [3.05, 3.63) is 119 Å². The summed E-state index contributed by atoms with van der Waals surface area (Å²) in [5.74, 6) is 1.43. The zero-order chi connectivity index (χ0) is 33.8. The van der Waals surface area contributed by atoms with Crippen molar-refractivity contribution in [2.75, 3.05) is 13.2 Å². The molecule has 5 rings (SSSR count). The molecule has 8 nitrogen and oxygen atoms in total. The van der Waals surface area contributed by atoms with Crippen molar-refractivity contribution in [1.29, 1.82) is 0 Å². The minimum atomic E-state index is -0.709. The predicted molar refractivity (Wildman–Crippen MR) is 185 cm³/mol. The molecule has 246 valence electrons. The van der Waals surface area contributed by atoms with Crippen molar-refractivity contribution >= 4 is 23.4 Å². The van der Waals surface area contributed by atoms with Gasteiger partial charge in [-0.15, -0.1) is 0 Å². The first kappa shape index (κ1) is 33.7. The van der Waals surface area contributed by atoms with E-state index in [4.69, 9.17) is 23.9 Å². The Balaban J connectivity index is 1.55. The SMILES string of the molecule is CCOc1ccc([C@@H]2C(C(=O)OC(C)C)=C(C)N=c3s/c(=C/c4ccc(OCc5c(C)cc(C)cc5C)c(OCC)c4)c(=O)n32)cc1. The van der Waals surface area contributed by atoms with Crippen LogP contribution in [0.25, 0.3) is 6.08 Å². The summed E-state index contributed by atoms with van der Waals surface area (Å²) in [6.07, 6.45) is 1.50. The molecule has 3 aromatic carbocycles. The van der Waals surface area contributed by atoms with E-state index in [1.807, 2.05) is 62.4 Å². The first-order valence-electron chi connectivity index (χ1n) is 15.9. The second kappa shape index (κ2) is 14.4. The van der Waals surface area contributed by atoms with Crippen LogP contribution in [-0.4, -0.2) is 29.9 Å². The van der Waals surface area contributed by atoms with Crippen LogP contribution in [0, 0.1) is 20.8 Å². The van der Waals surface area contributed by atoms with Gasteiger partial charge in [0, 0.05) is 0 Å². The highest BCUT2D eigenvalue weighted by atomic mass is 32.1. The Morgan fingerprint density at radius 1 is 0.915 bits per heavy atom. The predicted octanol–water partition coefficient (Wildman–Crippen LogP) is 6.49. The molecule has 0 radical (unpaired) electrons. The number of hydrogen-bond donors (Lipinski definition) is 0. The largest absolute Gasteiger partial charge is 0.494 e. The second-order valence-electron chi connectivity index (χ2n) is 11.8. The van der Waals surface area contributed by atoms with Gasteiger partial charge >= 0.3 is 5.97 Å². The first-order chi connectivity index (χ1) is 22.5. The standard InChI is InChI=1S/C38H42N2O6S/c1-9-43-29-14-12-28(13-15-29)35-34(37(42)46-22(3)4)26(8)39-38-40(35)36(41)33(47-38)20-27-11-16-31(32(19-27)44-10-2)45-21-30-24(6)17-23(5)18-25(30)7/h11-20,22,35H,9-10,21H2,1-8H3/b33-20+/t35-/m1/s1. The van der Waals surface area contributed by atoms with Crippen molar-refractivity contribution in [2.24, 2.45) is 4.99 Å². The molecule has 1 aliphatic heterocycles. The molecular formula is C38H42N2O6S. The Morgan fingerprint density at radius 2 is 1.60 bits per heavy atom. The summed E-state index contributed by atoms with van der Waals surface area (Å²) in [5, 5.41) is 0. The summed E-state index contributed by atoms with van der Waals surface area (Å²) >= 11 is 1.28. The molecule has 0 unspecified atom stereocenters. The lowest BCUT2D eigenvalue weighted by atomic mass is 9.96. The number of carbonyl (C=O) groups excluding carboxylic acids is 1. The van der Waals surface area contributed by atoms with E-state index in [0.29, 0.717) is 57.7 Å². The number of aromatic nitrogens is 1. The Bertz CT molecular complexity index is 1980. The molecule has 1 aromatic heterocycles. The van der Waals surface area contributed by atoms with Crippen molar-refractivity contribution in [3.8, 4) is 17.2 Å². The highest BCUT2D eigenvalue weighted by molar-refractivity contribution is 7.07. The number of rotatable bonds is 11. The third-order valence-electron chi connectivity index (χ3n) is 7.87. The van der Waals surface area contributed by atoms with Gasteiger partial charge in [-0.25, -0.2) is 9.79 Å². The maximum atomic E-state index is 14.1. The van der Waals surface area contributed by atoms with E-state index in [-0.39, 0.29) is 11.7 Å². The minimum absolute atomic E-state index is 0.251. The van der Waals surface area contributed by atoms with Crippen LogP contribution in [-0.2, 0) is 16.1 Å². The molecule has 2 heterocycles. The van der Waals surface area contributed by atoms with Crippen LogP contribution in [0.2, 0.25) is 0 Å². The zero-order valence-electron chi connectivity index (χ0n) is 28.3. The van der Waals surface area contributed by atoms with Crippen LogP contribution in [0.5, 0.6) is 17.2 Å². The van der Waals surface area contributed by atoms with Gasteiger partial charge in [-0.1, -0.05) is 47.2 Å². The van der Waals surface area contributed by atoms with Crippen molar-refractivity contribution in [2.45, 2.75) is 74.1 Å². The van der Waals surface area contributed by atoms with E-state index in [2.05, 4.69) is 32.9 Å². The lowest BCUT2D eigenvalue weighted by Crippen LogP contribution is -2.40. The van der Waals surface area contributed by atoms with Crippen LogP contribution in [0.3, 0.4) is 0 Å². The fourth-order valence-electron chi connectivity index (χ4n) is 5.83. The number of ether oxygens (including phenoxy) is 4. The fourth-order valence-corrected chi connectivity index (χ4v) is 6.88. The van der Waals surface area contributed by atoms with Gasteiger partial charge in [0.05, 0.1) is 41.2 Å². The minimum Gasteiger partial charge on any atom is -0.494 e. The summed E-state index contributed by atoms with van der Waals surface area (Å²) in [6.45, 7) is 16.9. The molecular weight excluding hydrogens is 612 g/mol. The Kier molecular flexibility index (Phi) is 10.3. The molecule has 0 fully saturated rings. The lowest BCUT2D eigenvalue weighted by Gasteiger charge is -2.25. The van der Waals surface area contributed by atoms with E-state index in [0.717, 1.165) is 16.7 Å². The number of nitrogens with zero attached hydrogens (tertiary/aromatic N) is 2. The topological polar surface area (TPSA) is 88.4 Å². The normalized spacial score (nSPS) is 14.6. The highest BCUT2D eigenvalue weighted by Gasteiger charge is 2.33. The average Bonchev–Trinajstić information content (AvgIpc) is 3.31. The Hall–Kier alpha value is -4.63. The van der Waals surface area contributed by atoms with Gasteiger partial charge in [-0.2, -0.15) is 0 Å². The third kappa shape index (κ3) is 7.36. The van der Waals surface area contributed by atoms with Crippen LogP contribution in [0.4, 0.5) is 0 Å². The number of allylic oxidation sites excluding steroid dienone is 1. The van der Waals surface area contributed by atoms with Gasteiger partial charge in [-0.05, 0) is 114 Å². The maximum absolute atomic E-state index is 14.1. The van der Waals surface area contributed by atoms with Gasteiger partial charge in [-0.3, -0.25) is 9.36 Å². The molecule has 4 aromatic rings. The summed E-state index contributed by atoms with van der Waals surface area (Å²) in [5.41, 5.74) is 6.88. The van der Waals surface area contributed by atoms with Gasteiger partial charge in [0.15, 0.2) is 16.3 Å². The first-order valence-corrected chi connectivity index (χ1v) is 16.7. The average molecular weight is 655 g/mol. The number of thiazole rings is 1. The summed E-state index contributed by atoms with van der Waals surface area (Å²) in [7, 11) is 0. The maximum Gasteiger partial charge on any atom is 0.338 e. The van der Waals surface area contributed by atoms with E-state index < -0.39 is 12.0 Å². The second-order valence-corrected chi connectivity index (χ2v) is 12.9. The number of fused-ring (bicyclic) bond motifs is 1. The Morgan fingerprint density at radius 3 is 2.23 bits per heavy atom. The van der Waals surface area contributed by atoms with Crippen molar-refractivity contribution in [3.63, 3.8) is 0 Å². The smallest absolute Gasteiger partial charge is 0.338 e. The van der Waals surface area contributed by atoms with Gasteiger partial charge in [0.2, 0.25) is 0 Å². The quantitative estimate of drug-likeness (QED) is 0.172. The van der Waals surface area contributed by atoms with Gasteiger partial charge in [0.1, 0.15) is 12.4 Å². The van der Waals surface area contributed by atoms with Crippen LogP contribution >= 0.6 is 11.3 Å². The van der Waals surface area contributed by atoms with Gasteiger partial charge < -0.3 is 18.9 Å². The number of aryl methyl sites for hydroxylation is 3. The monoisotopic (exact) mass is 654 g/mol. The molecule has 0 saturated carbocycles. The van der Waals surface area contributed by atoms with Crippen molar-refractivity contribution < 1.29 is 23.7 Å². The van der Waals surface area contributed by atoms with Crippen LogP contribution in [0.1, 0.15) is 74.0 Å². The molecule has 0 saturated heterocycles. The summed E-state index contributed by atoms with van der Waals surface area (Å²) in [6, 6.07) is 16.7. The molecule has 47 heavy (non-hydrogen) atoms. The fraction of sp³-hybridized carbons (Fsp3) is 0.342. The number of esters is 1. The van der Waals surface area contributed by atoms with E-state index in [9.17, 15) is 9.59 Å². The van der Waals surface area contributed by atoms with Crippen LogP contribution < -0.4 is 29.1 Å². The number of hydrogen-bond acceptors (Lipinski definition) is 8. The molecule has 1 atom stereocenters. The summed E-state index contributed by atoms with van der Waals surface area (Å²) < 4.78 is 25.5. The third-order valence-corrected chi connectivity index (χ3v) is 8.85.